The predicted octanol–water partition coefficient (Wildman–Crippen LogP) is 3.94. The molecule has 0 fully saturated rings. The van der Waals surface area contributed by atoms with Crippen LogP contribution in [-0.2, 0) is 10.0 Å². The van der Waals surface area contributed by atoms with Gasteiger partial charge in [0.25, 0.3) is 5.91 Å². The summed E-state index contributed by atoms with van der Waals surface area (Å²) in [6.45, 7) is 3.48. The second-order valence-electron chi connectivity index (χ2n) is 8.61. The first-order chi connectivity index (χ1) is 17.1. The molecule has 1 heterocycles. The number of unbranched alkanes of at least 4 members (excludes halogenated alkanes) is 1. The minimum atomic E-state index is -3.62. The third-order valence-corrected chi connectivity index (χ3v) is 8.75. The number of likely N-dealkylation sites (N-methyl/N-ethyl adjacent to an activating group) is 1. The van der Waals surface area contributed by atoms with E-state index in [0.29, 0.717) is 47.3 Å². The lowest BCUT2D eigenvalue weighted by molar-refractivity contribution is 0.0985. The van der Waals surface area contributed by atoms with E-state index in [4.69, 9.17) is 14.5 Å². The average Bonchev–Trinajstić information content (AvgIpc) is 3.31. The van der Waals surface area contributed by atoms with Crippen LogP contribution < -0.4 is 14.4 Å². The van der Waals surface area contributed by atoms with Crippen molar-refractivity contribution < 1.29 is 22.7 Å². The number of anilines is 1. The van der Waals surface area contributed by atoms with Gasteiger partial charge in [-0.05, 0) is 56.9 Å². The standard InChI is InChI=1S/C25H34N4O5S2/c1-7-8-15-28(4)36(31,32)19-11-9-18(10-12-19)24(30)29(17-16-27(2)3)25-26-22-20(33-5)13-14-21(34-6)23(22)35-25/h9-14H,7-8,15-17H2,1-6H3. The Morgan fingerprint density at radius 1 is 0.944 bits per heavy atom. The minimum absolute atomic E-state index is 0.159. The zero-order valence-electron chi connectivity index (χ0n) is 21.6. The van der Waals surface area contributed by atoms with Crippen LogP contribution in [0.15, 0.2) is 41.3 Å². The van der Waals surface area contributed by atoms with Crippen LogP contribution in [0.25, 0.3) is 10.2 Å². The lowest BCUT2D eigenvalue weighted by Crippen LogP contribution is -2.36. The van der Waals surface area contributed by atoms with Crippen LogP contribution >= 0.6 is 11.3 Å². The van der Waals surface area contributed by atoms with Gasteiger partial charge < -0.3 is 14.4 Å². The first-order valence-corrected chi connectivity index (χ1v) is 13.9. The third-order valence-electron chi connectivity index (χ3n) is 5.78. The molecule has 0 radical (unpaired) electrons. The van der Waals surface area contributed by atoms with E-state index in [-0.39, 0.29) is 10.8 Å². The summed E-state index contributed by atoms with van der Waals surface area (Å²) in [6, 6.07) is 9.68. The number of carbonyl (C=O) groups is 1. The molecule has 0 N–H and O–H groups in total. The van der Waals surface area contributed by atoms with Crippen LogP contribution in [0.3, 0.4) is 0 Å². The highest BCUT2D eigenvalue weighted by atomic mass is 32.2. The van der Waals surface area contributed by atoms with Gasteiger partial charge in [-0.1, -0.05) is 24.7 Å². The van der Waals surface area contributed by atoms with Gasteiger partial charge in [0.05, 0.1) is 19.1 Å². The number of rotatable bonds is 12. The minimum Gasteiger partial charge on any atom is -0.495 e. The molecule has 0 aliphatic heterocycles. The van der Waals surface area contributed by atoms with E-state index in [0.717, 1.165) is 17.5 Å². The number of benzene rings is 2. The number of nitrogens with zero attached hydrogens (tertiary/aromatic N) is 4. The Hall–Kier alpha value is -2.73. The molecule has 0 atom stereocenters. The smallest absolute Gasteiger partial charge is 0.260 e. The van der Waals surface area contributed by atoms with Gasteiger partial charge in [-0.2, -0.15) is 0 Å². The Morgan fingerprint density at radius 2 is 1.58 bits per heavy atom. The van der Waals surface area contributed by atoms with E-state index in [1.807, 2.05) is 32.0 Å². The molecule has 11 heteroatoms. The largest absolute Gasteiger partial charge is 0.495 e. The summed E-state index contributed by atoms with van der Waals surface area (Å²) in [5, 5.41) is 0.510. The Balaban J connectivity index is 1.97. The van der Waals surface area contributed by atoms with Crippen molar-refractivity contribution in [1.82, 2.24) is 14.2 Å². The number of hydrogen-bond donors (Lipinski definition) is 0. The number of sulfonamides is 1. The van der Waals surface area contributed by atoms with E-state index in [2.05, 4.69) is 0 Å². The van der Waals surface area contributed by atoms with Gasteiger partial charge in [-0.25, -0.2) is 17.7 Å². The molecule has 0 unspecified atom stereocenters. The molecule has 0 saturated heterocycles. The summed E-state index contributed by atoms with van der Waals surface area (Å²) in [7, 11) is 4.98. The number of methoxy groups -OCH3 is 2. The summed E-state index contributed by atoms with van der Waals surface area (Å²) < 4.78 is 38.8. The van der Waals surface area contributed by atoms with Crippen LogP contribution in [-0.4, -0.2) is 83.5 Å². The highest BCUT2D eigenvalue weighted by Gasteiger charge is 2.25. The van der Waals surface area contributed by atoms with Crippen molar-refractivity contribution in [2.24, 2.45) is 0 Å². The average molecular weight is 535 g/mol. The Bertz CT molecular complexity index is 1250. The summed E-state index contributed by atoms with van der Waals surface area (Å²) in [4.78, 5) is 22.1. The maximum Gasteiger partial charge on any atom is 0.260 e. The summed E-state index contributed by atoms with van der Waals surface area (Å²) in [6.07, 6.45) is 1.68. The second-order valence-corrected chi connectivity index (χ2v) is 11.6. The molecule has 0 aliphatic rings. The molecule has 36 heavy (non-hydrogen) atoms. The summed E-state index contributed by atoms with van der Waals surface area (Å²) in [5.41, 5.74) is 0.998. The molecule has 0 saturated carbocycles. The van der Waals surface area contributed by atoms with Crippen LogP contribution in [0.5, 0.6) is 11.5 Å². The Kier molecular flexibility index (Phi) is 9.29. The molecular formula is C25H34N4O5S2. The van der Waals surface area contributed by atoms with Gasteiger partial charge in [0.15, 0.2) is 5.13 Å². The molecule has 196 valence electrons. The molecule has 2 aromatic carbocycles. The van der Waals surface area contributed by atoms with Crippen LogP contribution in [0.2, 0.25) is 0 Å². The second kappa shape index (κ2) is 12.0. The maximum absolute atomic E-state index is 13.6. The third kappa shape index (κ3) is 5.97. The van der Waals surface area contributed by atoms with Crippen LogP contribution in [0, 0.1) is 0 Å². The molecule has 0 aliphatic carbocycles. The number of ether oxygens (including phenoxy) is 2. The Labute approximate surface area is 217 Å². The molecule has 0 bridgehead atoms. The number of hydrogen-bond acceptors (Lipinski definition) is 8. The molecule has 3 rings (SSSR count). The van der Waals surface area contributed by atoms with Gasteiger partial charge in [-0.3, -0.25) is 9.69 Å². The molecular weight excluding hydrogens is 500 g/mol. The van der Waals surface area contributed by atoms with E-state index < -0.39 is 10.0 Å². The van der Waals surface area contributed by atoms with Crippen molar-refractivity contribution in [3.05, 3.63) is 42.0 Å². The fraction of sp³-hybridized carbons (Fsp3) is 0.440. The van der Waals surface area contributed by atoms with E-state index in [1.54, 1.807) is 44.4 Å². The fourth-order valence-electron chi connectivity index (χ4n) is 3.58. The number of aromatic nitrogens is 1. The van der Waals surface area contributed by atoms with Crippen molar-refractivity contribution >= 4 is 42.6 Å². The lowest BCUT2D eigenvalue weighted by atomic mass is 10.2. The molecule has 9 nitrogen and oxygen atoms in total. The molecule has 0 spiro atoms. The zero-order chi connectivity index (χ0) is 26.5. The number of amides is 1. The first-order valence-electron chi connectivity index (χ1n) is 11.7. The number of thiazole rings is 1. The van der Waals surface area contributed by atoms with E-state index in [9.17, 15) is 13.2 Å². The normalized spacial score (nSPS) is 11.9. The SMILES string of the molecule is CCCCN(C)S(=O)(=O)c1ccc(C(=O)N(CCN(C)C)c2nc3c(OC)ccc(OC)c3s2)cc1. The first kappa shape index (κ1) is 27.9. The van der Waals surface area contributed by atoms with Gasteiger partial charge >= 0.3 is 0 Å². The van der Waals surface area contributed by atoms with E-state index in [1.165, 1.54) is 27.8 Å². The highest BCUT2D eigenvalue weighted by Crippen LogP contribution is 2.40. The van der Waals surface area contributed by atoms with E-state index >= 15 is 0 Å². The molecule has 1 amide bonds. The quantitative estimate of drug-likeness (QED) is 0.348. The molecule has 1 aromatic heterocycles. The van der Waals surface area contributed by atoms with Crippen molar-refractivity contribution in [1.29, 1.82) is 0 Å². The van der Waals surface area contributed by atoms with Crippen LogP contribution in [0.4, 0.5) is 5.13 Å². The molecule has 3 aromatic rings. The predicted molar refractivity (Wildman–Crippen MR) is 144 cm³/mol. The fourth-order valence-corrected chi connectivity index (χ4v) is 5.89. The summed E-state index contributed by atoms with van der Waals surface area (Å²) in [5.74, 6) is 0.975. The van der Waals surface area contributed by atoms with Crippen LogP contribution in [0.1, 0.15) is 30.1 Å². The van der Waals surface area contributed by atoms with Gasteiger partial charge in [0.1, 0.15) is 21.7 Å². The number of fused-ring (bicyclic) bond motifs is 1. The van der Waals surface area contributed by atoms with Crippen molar-refractivity contribution in [3.8, 4) is 11.5 Å². The van der Waals surface area contributed by atoms with Crippen molar-refractivity contribution in [3.63, 3.8) is 0 Å². The maximum atomic E-state index is 13.6. The zero-order valence-corrected chi connectivity index (χ0v) is 23.3. The monoisotopic (exact) mass is 534 g/mol. The van der Waals surface area contributed by atoms with Gasteiger partial charge in [0.2, 0.25) is 10.0 Å². The highest BCUT2D eigenvalue weighted by molar-refractivity contribution is 7.89. The van der Waals surface area contributed by atoms with Crippen molar-refractivity contribution in [2.45, 2.75) is 24.7 Å². The summed E-state index contributed by atoms with van der Waals surface area (Å²) >= 11 is 1.35. The Morgan fingerprint density at radius 3 is 2.17 bits per heavy atom. The van der Waals surface area contributed by atoms with Gasteiger partial charge in [-0.15, -0.1) is 0 Å². The van der Waals surface area contributed by atoms with Gasteiger partial charge in [0, 0.05) is 32.2 Å². The number of carbonyl (C=O) groups excluding carboxylic acids is 1. The lowest BCUT2D eigenvalue weighted by Gasteiger charge is -2.22. The van der Waals surface area contributed by atoms with Crippen molar-refractivity contribution in [2.75, 3.05) is 59.9 Å². The topological polar surface area (TPSA) is 92.3 Å².